The predicted octanol–water partition coefficient (Wildman–Crippen LogP) is 6.30. The molecule has 8 heteroatoms. The standard InChI is InChI=1S/C25H18F3N5/c26-25(27,28)19-13-11-17(12-14-19)15-33-16-29-21-23(30-20-9-5-2-6-10-20)31-22(32-24(21)33)18-7-3-1-4-8-18/h1-14,16H,15H2,(H,30,31,32). The summed E-state index contributed by atoms with van der Waals surface area (Å²) in [5.74, 6) is 1.08. The van der Waals surface area contributed by atoms with Crippen molar-refractivity contribution in [3.8, 4) is 11.4 Å². The Balaban J connectivity index is 1.57. The highest BCUT2D eigenvalue weighted by molar-refractivity contribution is 5.87. The molecular weight excluding hydrogens is 427 g/mol. The maximum Gasteiger partial charge on any atom is 0.416 e. The molecule has 2 heterocycles. The molecular formula is C25H18F3N5. The molecule has 0 unspecified atom stereocenters. The van der Waals surface area contributed by atoms with Crippen molar-refractivity contribution >= 4 is 22.7 Å². The predicted molar refractivity (Wildman–Crippen MR) is 121 cm³/mol. The molecule has 0 aliphatic heterocycles. The van der Waals surface area contributed by atoms with Crippen LogP contribution in [0.3, 0.4) is 0 Å². The van der Waals surface area contributed by atoms with Gasteiger partial charge in [-0.25, -0.2) is 15.0 Å². The fraction of sp³-hybridized carbons (Fsp3) is 0.0800. The van der Waals surface area contributed by atoms with Crippen molar-refractivity contribution in [3.05, 3.63) is 102 Å². The van der Waals surface area contributed by atoms with Crippen molar-refractivity contribution in [2.75, 3.05) is 5.32 Å². The van der Waals surface area contributed by atoms with Crippen LogP contribution in [-0.4, -0.2) is 19.5 Å². The van der Waals surface area contributed by atoms with E-state index in [0.29, 0.717) is 34.9 Å². The van der Waals surface area contributed by atoms with Crippen molar-refractivity contribution in [3.63, 3.8) is 0 Å². The second kappa shape index (κ2) is 8.38. The van der Waals surface area contributed by atoms with E-state index in [1.165, 1.54) is 12.1 Å². The largest absolute Gasteiger partial charge is 0.416 e. The number of para-hydroxylation sites is 1. The van der Waals surface area contributed by atoms with Gasteiger partial charge in [-0.1, -0.05) is 60.7 Å². The minimum Gasteiger partial charge on any atom is -0.338 e. The Kier molecular flexibility index (Phi) is 5.26. The molecule has 0 atom stereocenters. The smallest absolute Gasteiger partial charge is 0.338 e. The van der Waals surface area contributed by atoms with Crippen LogP contribution in [-0.2, 0) is 12.7 Å². The Bertz CT molecular complexity index is 1380. The van der Waals surface area contributed by atoms with Crippen molar-refractivity contribution < 1.29 is 13.2 Å². The third kappa shape index (κ3) is 4.41. The first-order valence-electron chi connectivity index (χ1n) is 10.2. The zero-order chi connectivity index (χ0) is 22.8. The Hall–Kier alpha value is -4.20. The fourth-order valence-electron chi connectivity index (χ4n) is 3.52. The maximum atomic E-state index is 12.9. The molecule has 0 fully saturated rings. The number of imidazole rings is 1. The van der Waals surface area contributed by atoms with Gasteiger partial charge in [0, 0.05) is 11.3 Å². The molecule has 164 valence electrons. The zero-order valence-electron chi connectivity index (χ0n) is 17.3. The minimum absolute atomic E-state index is 0.324. The Morgan fingerprint density at radius 1 is 0.788 bits per heavy atom. The van der Waals surface area contributed by atoms with Crippen LogP contribution in [0.5, 0.6) is 0 Å². The quantitative estimate of drug-likeness (QED) is 0.345. The van der Waals surface area contributed by atoms with E-state index in [4.69, 9.17) is 9.97 Å². The number of hydrogen-bond acceptors (Lipinski definition) is 4. The van der Waals surface area contributed by atoms with E-state index in [2.05, 4.69) is 10.3 Å². The number of halogens is 3. The molecule has 0 radical (unpaired) electrons. The number of nitrogens with zero attached hydrogens (tertiary/aromatic N) is 4. The minimum atomic E-state index is -4.37. The first-order valence-corrected chi connectivity index (χ1v) is 10.2. The molecule has 0 amide bonds. The van der Waals surface area contributed by atoms with Gasteiger partial charge in [-0.3, -0.25) is 0 Å². The lowest BCUT2D eigenvalue weighted by Gasteiger charge is -2.11. The zero-order valence-corrected chi connectivity index (χ0v) is 17.3. The number of aromatic nitrogens is 4. The summed E-state index contributed by atoms with van der Waals surface area (Å²) in [6.45, 7) is 0.324. The maximum absolute atomic E-state index is 12.9. The van der Waals surface area contributed by atoms with E-state index in [9.17, 15) is 13.2 Å². The van der Waals surface area contributed by atoms with Gasteiger partial charge in [0.05, 0.1) is 18.4 Å². The number of hydrogen-bond donors (Lipinski definition) is 1. The number of rotatable bonds is 5. The molecule has 0 spiro atoms. The van der Waals surface area contributed by atoms with Gasteiger partial charge in [0.15, 0.2) is 22.8 Å². The first kappa shape index (κ1) is 20.7. The van der Waals surface area contributed by atoms with Gasteiger partial charge in [-0.15, -0.1) is 0 Å². The van der Waals surface area contributed by atoms with Crippen LogP contribution in [0, 0.1) is 0 Å². The van der Waals surface area contributed by atoms with Crippen LogP contribution < -0.4 is 5.32 Å². The van der Waals surface area contributed by atoms with Gasteiger partial charge in [-0.2, -0.15) is 13.2 Å². The van der Waals surface area contributed by atoms with Gasteiger partial charge in [0.25, 0.3) is 0 Å². The highest BCUT2D eigenvalue weighted by atomic mass is 19.4. The second-order valence-electron chi connectivity index (χ2n) is 7.49. The fourth-order valence-corrected chi connectivity index (χ4v) is 3.52. The van der Waals surface area contributed by atoms with E-state index < -0.39 is 11.7 Å². The molecule has 5 rings (SSSR count). The second-order valence-corrected chi connectivity index (χ2v) is 7.49. The van der Waals surface area contributed by atoms with Crippen molar-refractivity contribution in [2.45, 2.75) is 12.7 Å². The molecule has 0 aliphatic carbocycles. The van der Waals surface area contributed by atoms with E-state index in [-0.39, 0.29) is 0 Å². The van der Waals surface area contributed by atoms with Gasteiger partial charge >= 0.3 is 6.18 Å². The average molecular weight is 445 g/mol. The Morgan fingerprint density at radius 2 is 1.45 bits per heavy atom. The summed E-state index contributed by atoms with van der Waals surface area (Å²) in [4.78, 5) is 13.9. The van der Waals surface area contributed by atoms with Gasteiger partial charge in [-0.05, 0) is 29.8 Å². The molecule has 33 heavy (non-hydrogen) atoms. The van der Waals surface area contributed by atoms with Gasteiger partial charge in [0.2, 0.25) is 0 Å². The summed E-state index contributed by atoms with van der Waals surface area (Å²) >= 11 is 0. The van der Waals surface area contributed by atoms with E-state index in [0.717, 1.165) is 23.4 Å². The van der Waals surface area contributed by atoms with Crippen LogP contribution in [0.4, 0.5) is 24.7 Å². The lowest BCUT2D eigenvalue weighted by molar-refractivity contribution is -0.137. The van der Waals surface area contributed by atoms with Crippen LogP contribution in [0.2, 0.25) is 0 Å². The molecule has 5 aromatic rings. The SMILES string of the molecule is FC(F)(F)c1ccc(Cn2cnc3c(Nc4ccccc4)nc(-c4ccccc4)nc32)cc1. The normalized spacial score (nSPS) is 11.6. The topological polar surface area (TPSA) is 55.6 Å². The lowest BCUT2D eigenvalue weighted by atomic mass is 10.1. The van der Waals surface area contributed by atoms with Crippen LogP contribution in [0.25, 0.3) is 22.6 Å². The molecule has 0 aliphatic rings. The van der Waals surface area contributed by atoms with Crippen LogP contribution in [0.15, 0.2) is 91.3 Å². The monoisotopic (exact) mass is 445 g/mol. The number of anilines is 2. The Labute approximate surface area is 187 Å². The molecule has 0 bridgehead atoms. The number of alkyl halides is 3. The molecule has 1 N–H and O–H groups in total. The number of nitrogens with one attached hydrogen (secondary N) is 1. The van der Waals surface area contributed by atoms with E-state index >= 15 is 0 Å². The van der Waals surface area contributed by atoms with Gasteiger partial charge in [0.1, 0.15) is 0 Å². The first-order chi connectivity index (χ1) is 16.0. The van der Waals surface area contributed by atoms with Crippen LogP contribution >= 0.6 is 0 Å². The summed E-state index contributed by atoms with van der Waals surface area (Å²) in [7, 11) is 0. The Morgan fingerprint density at radius 3 is 2.12 bits per heavy atom. The number of fused-ring (bicyclic) bond motifs is 1. The highest BCUT2D eigenvalue weighted by Gasteiger charge is 2.30. The van der Waals surface area contributed by atoms with Crippen molar-refractivity contribution in [2.24, 2.45) is 0 Å². The van der Waals surface area contributed by atoms with Crippen LogP contribution in [0.1, 0.15) is 11.1 Å². The highest BCUT2D eigenvalue weighted by Crippen LogP contribution is 2.30. The molecule has 5 nitrogen and oxygen atoms in total. The molecule has 3 aromatic carbocycles. The van der Waals surface area contributed by atoms with Gasteiger partial charge < -0.3 is 9.88 Å². The van der Waals surface area contributed by atoms with E-state index in [1.54, 1.807) is 6.33 Å². The number of benzene rings is 3. The summed E-state index contributed by atoms with van der Waals surface area (Å²) in [6.07, 6.45) is -2.74. The summed E-state index contributed by atoms with van der Waals surface area (Å²) in [5.41, 5.74) is 2.89. The third-order valence-electron chi connectivity index (χ3n) is 5.17. The summed E-state index contributed by atoms with van der Waals surface area (Å²) in [5, 5.41) is 3.31. The molecule has 0 saturated carbocycles. The van der Waals surface area contributed by atoms with E-state index in [1.807, 2.05) is 65.2 Å². The van der Waals surface area contributed by atoms with Crippen molar-refractivity contribution in [1.29, 1.82) is 0 Å². The third-order valence-corrected chi connectivity index (χ3v) is 5.17. The molecule has 2 aromatic heterocycles. The summed E-state index contributed by atoms with van der Waals surface area (Å²) in [6, 6.07) is 24.3. The molecule has 0 saturated heterocycles. The summed E-state index contributed by atoms with van der Waals surface area (Å²) < 4.78 is 40.5. The lowest BCUT2D eigenvalue weighted by Crippen LogP contribution is -2.06. The average Bonchev–Trinajstić information content (AvgIpc) is 3.23. The van der Waals surface area contributed by atoms with Crippen molar-refractivity contribution in [1.82, 2.24) is 19.5 Å².